The standard InChI is InChI=1S/C27H30N2O5/c1-2-7-18(12-24(30)29-15-17-13-27(29,14-17)25(31)32)28-26(33)34-16-23-21-10-5-3-8-19(21)20-9-4-6-11-22(20)23/h3-6,8-11,17-18,23H,2,7,12-16H2,1H3,(H,28,33)(H,31,32)/t17?,18-,27?/m1/s1. The topological polar surface area (TPSA) is 95.9 Å². The molecule has 0 aromatic heterocycles. The minimum absolute atomic E-state index is 0.0313. The number of aliphatic carboxylic acids is 1. The lowest BCUT2D eigenvalue weighted by Gasteiger charge is -2.38. The first-order chi connectivity index (χ1) is 16.4. The largest absolute Gasteiger partial charge is 0.479 e. The Morgan fingerprint density at radius 3 is 2.29 bits per heavy atom. The summed E-state index contributed by atoms with van der Waals surface area (Å²) in [7, 11) is 0. The third-order valence-corrected chi connectivity index (χ3v) is 7.63. The zero-order valence-electron chi connectivity index (χ0n) is 19.3. The predicted molar refractivity (Wildman–Crippen MR) is 126 cm³/mol. The first-order valence-electron chi connectivity index (χ1n) is 12.1. The van der Waals surface area contributed by atoms with Gasteiger partial charge in [-0.2, -0.15) is 0 Å². The minimum Gasteiger partial charge on any atom is -0.479 e. The van der Waals surface area contributed by atoms with E-state index in [-0.39, 0.29) is 30.8 Å². The maximum absolute atomic E-state index is 13.0. The summed E-state index contributed by atoms with van der Waals surface area (Å²) in [5.41, 5.74) is 3.57. The molecule has 2 bridgehead atoms. The molecule has 4 aliphatic rings. The van der Waals surface area contributed by atoms with Gasteiger partial charge in [-0.1, -0.05) is 61.9 Å². The van der Waals surface area contributed by atoms with Gasteiger partial charge in [0.2, 0.25) is 5.91 Å². The van der Waals surface area contributed by atoms with Crippen LogP contribution < -0.4 is 5.32 Å². The number of carboxylic acid groups (broad SMARTS) is 1. The Labute approximate surface area is 199 Å². The molecule has 1 saturated carbocycles. The highest BCUT2D eigenvalue weighted by Gasteiger charge is 2.62. The second-order valence-corrected chi connectivity index (χ2v) is 9.77. The Kier molecular flexibility index (Phi) is 5.80. The van der Waals surface area contributed by atoms with Crippen molar-refractivity contribution in [2.75, 3.05) is 13.2 Å². The molecule has 2 N–H and O–H groups in total. The third-order valence-electron chi connectivity index (χ3n) is 7.63. The van der Waals surface area contributed by atoms with Gasteiger partial charge < -0.3 is 20.1 Å². The predicted octanol–water partition coefficient (Wildman–Crippen LogP) is 4.16. The quantitative estimate of drug-likeness (QED) is 0.614. The Morgan fingerprint density at radius 1 is 1.09 bits per heavy atom. The Hall–Kier alpha value is -3.35. The molecule has 7 heteroatoms. The van der Waals surface area contributed by atoms with Gasteiger partial charge in [-0.25, -0.2) is 9.59 Å². The summed E-state index contributed by atoms with van der Waals surface area (Å²) in [6, 6.07) is 15.9. The molecular formula is C27H30N2O5. The zero-order valence-corrected chi connectivity index (χ0v) is 19.3. The summed E-state index contributed by atoms with van der Waals surface area (Å²) < 4.78 is 5.64. The molecule has 0 radical (unpaired) electrons. The maximum Gasteiger partial charge on any atom is 0.407 e. The third kappa shape index (κ3) is 3.73. The summed E-state index contributed by atoms with van der Waals surface area (Å²) in [5.74, 6) is -0.887. The summed E-state index contributed by atoms with van der Waals surface area (Å²) >= 11 is 0. The number of carboxylic acids is 1. The highest BCUT2D eigenvalue weighted by molar-refractivity contribution is 5.90. The van der Waals surface area contributed by atoms with Crippen LogP contribution in [0, 0.1) is 5.92 Å². The summed E-state index contributed by atoms with van der Waals surface area (Å²) in [6.45, 7) is 2.69. The molecule has 2 aromatic rings. The van der Waals surface area contributed by atoms with Gasteiger partial charge in [0.05, 0.1) is 0 Å². The van der Waals surface area contributed by atoms with Gasteiger partial charge in [0.15, 0.2) is 0 Å². The second-order valence-electron chi connectivity index (χ2n) is 9.77. The lowest BCUT2D eigenvalue weighted by molar-refractivity contribution is -0.158. The number of amides is 2. The van der Waals surface area contributed by atoms with Crippen molar-refractivity contribution in [3.8, 4) is 11.1 Å². The SMILES string of the molecule is CCC[C@H](CC(=O)N1CC2CC1(C(=O)O)C2)NC(=O)OCC1c2ccccc2-c2ccccc21. The fourth-order valence-corrected chi connectivity index (χ4v) is 6.01. The van der Waals surface area contributed by atoms with Crippen molar-refractivity contribution in [3.05, 3.63) is 59.7 Å². The van der Waals surface area contributed by atoms with E-state index in [0.717, 1.165) is 28.7 Å². The number of benzene rings is 2. The molecule has 2 amide bonds. The fourth-order valence-electron chi connectivity index (χ4n) is 6.01. The number of fused-ring (bicyclic) bond motifs is 4. The summed E-state index contributed by atoms with van der Waals surface area (Å²) in [4.78, 5) is 39.0. The number of rotatable bonds is 8. The van der Waals surface area contributed by atoms with E-state index in [1.165, 1.54) is 4.90 Å². The van der Waals surface area contributed by atoms with Crippen LogP contribution in [0.5, 0.6) is 0 Å². The van der Waals surface area contributed by atoms with E-state index in [4.69, 9.17) is 4.74 Å². The van der Waals surface area contributed by atoms with Crippen molar-refractivity contribution in [1.29, 1.82) is 0 Å². The number of alkyl carbamates (subject to hydrolysis) is 1. The van der Waals surface area contributed by atoms with Crippen molar-refractivity contribution < 1.29 is 24.2 Å². The van der Waals surface area contributed by atoms with Gasteiger partial charge in [0.25, 0.3) is 0 Å². The van der Waals surface area contributed by atoms with Crippen molar-refractivity contribution >= 4 is 18.0 Å². The number of nitrogens with one attached hydrogen (secondary N) is 1. The van der Waals surface area contributed by atoms with Crippen molar-refractivity contribution in [3.63, 3.8) is 0 Å². The molecule has 7 nitrogen and oxygen atoms in total. The van der Waals surface area contributed by atoms with Crippen LogP contribution >= 0.6 is 0 Å². The van der Waals surface area contributed by atoms with E-state index < -0.39 is 23.6 Å². The normalized spacial score (nSPS) is 23.0. The van der Waals surface area contributed by atoms with Crippen LogP contribution in [0.25, 0.3) is 11.1 Å². The summed E-state index contributed by atoms with van der Waals surface area (Å²) in [6.07, 6.45) is 2.01. The van der Waals surface area contributed by atoms with Gasteiger partial charge in [-0.15, -0.1) is 0 Å². The average molecular weight is 463 g/mol. The van der Waals surface area contributed by atoms with E-state index >= 15 is 0 Å². The molecule has 6 rings (SSSR count). The summed E-state index contributed by atoms with van der Waals surface area (Å²) in [5, 5.41) is 12.5. The van der Waals surface area contributed by atoms with Crippen LogP contribution in [0.2, 0.25) is 0 Å². The van der Waals surface area contributed by atoms with E-state index in [2.05, 4.69) is 29.6 Å². The smallest absolute Gasteiger partial charge is 0.407 e. The highest BCUT2D eigenvalue weighted by Crippen LogP contribution is 2.51. The van der Waals surface area contributed by atoms with E-state index in [0.29, 0.717) is 25.8 Å². The molecule has 2 aromatic carbocycles. The second kappa shape index (κ2) is 8.78. The minimum atomic E-state index is -1.04. The molecule has 2 saturated heterocycles. The molecule has 0 unspecified atom stereocenters. The van der Waals surface area contributed by atoms with E-state index in [1.54, 1.807) is 0 Å². The van der Waals surface area contributed by atoms with Crippen LogP contribution in [-0.4, -0.2) is 52.7 Å². The van der Waals surface area contributed by atoms with Crippen LogP contribution in [0.15, 0.2) is 48.5 Å². The zero-order chi connectivity index (χ0) is 23.9. The lowest BCUT2D eigenvalue weighted by Crippen LogP contribution is -2.55. The number of hydrogen-bond donors (Lipinski definition) is 2. The molecule has 2 aliphatic heterocycles. The Morgan fingerprint density at radius 2 is 1.71 bits per heavy atom. The van der Waals surface area contributed by atoms with Crippen molar-refractivity contribution in [2.45, 2.75) is 56.5 Å². The van der Waals surface area contributed by atoms with E-state index in [9.17, 15) is 19.5 Å². The molecule has 0 spiro atoms. The first-order valence-corrected chi connectivity index (χ1v) is 12.1. The van der Waals surface area contributed by atoms with Gasteiger partial charge >= 0.3 is 12.1 Å². The van der Waals surface area contributed by atoms with Crippen molar-refractivity contribution in [1.82, 2.24) is 10.2 Å². The number of carbonyl (C=O) groups is 3. The van der Waals surface area contributed by atoms with E-state index in [1.807, 2.05) is 31.2 Å². The molecule has 2 heterocycles. The average Bonchev–Trinajstić information content (AvgIpc) is 3.47. The van der Waals surface area contributed by atoms with Crippen LogP contribution in [0.4, 0.5) is 4.79 Å². The van der Waals surface area contributed by atoms with Crippen LogP contribution in [0.1, 0.15) is 56.1 Å². The molecule has 2 aliphatic carbocycles. The molecule has 1 atom stereocenters. The van der Waals surface area contributed by atoms with Crippen molar-refractivity contribution in [2.24, 2.45) is 5.92 Å². The molecule has 34 heavy (non-hydrogen) atoms. The Bertz CT molecular complexity index is 1080. The van der Waals surface area contributed by atoms with Gasteiger partial charge in [-0.3, -0.25) is 4.79 Å². The number of carbonyl (C=O) groups excluding carboxylic acids is 2. The van der Waals surface area contributed by atoms with Gasteiger partial charge in [-0.05, 0) is 47.4 Å². The Balaban J connectivity index is 1.21. The number of nitrogens with zero attached hydrogens (tertiary/aromatic N) is 1. The first kappa shape index (κ1) is 22.4. The molecule has 178 valence electrons. The monoisotopic (exact) mass is 462 g/mol. The van der Waals surface area contributed by atoms with Crippen LogP contribution in [-0.2, 0) is 14.3 Å². The van der Waals surface area contributed by atoms with Gasteiger partial charge in [0.1, 0.15) is 12.1 Å². The lowest BCUT2D eigenvalue weighted by atomic mass is 9.73. The number of ether oxygens (including phenoxy) is 1. The molecular weight excluding hydrogens is 432 g/mol. The van der Waals surface area contributed by atoms with Crippen LogP contribution in [0.3, 0.4) is 0 Å². The van der Waals surface area contributed by atoms with Gasteiger partial charge in [0, 0.05) is 24.9 Å². The number of hydrogen-bond acceptors (Lipinski definition) is 4. The fraction of sp³-hybridized carbons (Fsp3) is 0.444. The maximum atomic E-state index is 13.0. The molecule has 3 fully saturated rings. The highest BCUT2D eigenvalue weighted by atomic mass is 16.5.